The molecule has 0 saturated carbocycles. The molecule has 0 unspecified atom stereocenters. The van der Waals surface area contributed by atoms with Crippen molar-refractivity contribution in [1.29, 1.82) is 0 Å². The highest BCUT2D eigenvalue weighted by Crippen LogP contribution is 2.23. The molecule has 0 saturated heterocycles. The van der Waals surface area contributed by atoms with Gasteiger partial charge in [-0.25, -0.2) is 9.78 Å². The maximum absolute atomic E-state index is 13.3. The highest BCUT2D eigenvalue weighted by molar-refractivity contribution is 7.99. The Bertz CT molecular complexity index is 1410. The lowest BCUT2D eigenvalue weighted by atomic mass is 10.1. The zero-order chi connectivity index (χ0) is 24.1. The Hall–Kier alpha value is -3.91. The monoisotopic (exact) mass is 473 g/mol. The quantitative estimate of drug-likeness (QED) is 0.249. The number of hydrogen-bond acceptors (Lipinski definition) is 6. The number of ether oxygens (including phenoxy) is 1. The molecule has 1 heterocycles. The molecule has 34 heavy (non-hydrogen) atoms. The van der Waals surface area contributed by atoms with E-state index in [9.17, 15) is 14.4 Å². The van der Waals surface area contributed by atoms with Crippen LogP contribution >= 0.6 is 11.8 Å². The van der Waals surface area contributed by atoms with E-state index >= 15 is 0 Å². The van der Waals surface area contributed by atoms with E-state index in [1.165, 1.54) is 18.9 Å². The van der Waals surface area contributed by atoms with Gasteiger partial charge in [-0.15, -0.1) is 0 Å². The number of carbonyl (C=O) groups excluding carboxylic acids is 2. The van der Waals surface area contributed by atoms with Gasteiger partial charge in [-0.2, -0.15) is 0 Å². The number of nitrogens with one attached hydrogen (secondary N) is 1. The van der Waals surface area contributed by atoms with Crippen LogP contribution in [0.25, 0.3) is 16.6 Å². The SMILES string of the molecule is COC(=O)c1ccc(CNC(=O)CSc2nc3ccccc3c(=O)n2-c2ccccc2C)cc1. The van der Waals surface area contributed by atoms with Crippen molar-refractivity contribution in [2.45, 2.75) is 18.6 Å². The largest absolute Gasteiger partial charge is 0.465 e. The predicted octanol–water partition coefficient (Wildman–Crippen LogP) is 3.89. The first-order valence-electron chi connectivity index (χ1n) is 10.6. The number of aromatic nitrogens is 2. The normalized spacial score (nSPS) is 10.8. The lowest BCUT2D eigenvalue weighted by Crippen LogP contribution is -2.26. The van der Waals surface area contributed by atoms with Crippen LogP contribution in [-0.4, -0.2) is 34.3 Å². The molecule has 7 nitrogen and oxygen atoms in total. The predicted molar refractivity (Wildman–Crippen MR) is 132 cm³/mol. The van der Waals surface area contributed by atoms with Crippen molar-refractivity contribution < 1.29 is 14.3 Å². The van der Waals surface area contributed by atoms with E-state index < -0.39 is 5.97 Å². The van der Waals surface area contributed by atoms with Crippen LogP contribution in [0.2, 0.25) is 0 Å². The zero-order valence-electron chi connectivity index (χ0n) is 18.8. The van der Waals surface area contributed by atoms with Crippen LogP contribution in [0.4, 0.5) is 0 Å². The van der Waals surface area contributed by atoms with E-state index in [-0.39, 0.29) is 17.2 Å². The third-order valence-electron chi connectivity index (χ3n) is 5.30. The number of hydrogen-bond donors (Lipinski definition) is 1. The molecule has 0 bridgehead atoms. The molecule has 0 radical (unpaired) electrons. The Labute approximate surface area is 200 Å². The van der Waals surface area contributed by atoms with Crippen molar-refractivity contribution in [2.75, 3.05) is 12.9 Å². The van der Waals surface area contributed by atoms with E-state index in [1.807, 2.05) is 43.3 Å². The van der Waals surface area contributed by atoms with Crippen molar-refractivity contribution >= 4 is 34.5 Å². The number of amides is 1. The minimum absolute atomic E-state index is 0.0942. The van der Waals surface area contributed by atoms with Crippen molar-refractivity contribution in [1.82, 2.24) is 14.9 Å². The molecule has 172 valence electrons. The van der Waals surface area contributed by atoms with E-state index in [0.717, 1.165) is 16.8 Å². The molecule has 0 fully saturated rings. The van der Waals surface area contributed by atoms with Crippen LogP contribution in [0.3, 0.4) is 0 Å². The number of benzene rings is 3. The second-order valence-electron chi connectivity index (χ2n) is 7.59. The standard InChI is InChI=1S/C26H23N3O4S/c1-17-7-3-6-10-22(17)29-24(31)20-8-4-5-9-21(20)28-26(29)34-16-23(30)27-15-18-11-13-19(14-12-18)25(32)33-2/h3-14H,15-16H2,1-2H3,(H,27,30). The first kappa shape index (κ1) is 23.3. The van der Waals surface area contributed by atoms with Gasteiger partial charge in [0, 0.05) is 6.54 Å². The molecule has 8 heteroatoms. The Morgan fingerprint density at radius 3 is 2.44 bits per heavy atom. The van der Waals surface area contributed by atoms with Gasteiger partial charge in [0.15, 0.2) is 5.16 Å². The fraction of sp³-hybridized carbons (Fsp3) is 0.154. The van der Waals surface area contributed by atoms with Crippen LogP contribution < -0.4 is 10.9 Å². The van der Waals surface area contributed by atoms with Crippen molar-refractivity contribution in [3.8, 4) is 5.69 Å². The summed E-state index contributed by atoms with van der Waals surface area (Å²) in [6.45, 7) is 2.25. The molecule has 1 aromatic heterocycles. The van der Waals surface area contributed by atoms with Crippen molar-refractivity contribution in [3.05, 3.63) is 99.8 Å². The highest BCUT2D eigenvalue weighted by Gasteiger charge is 2.16. The van der Waals surface area contributed by atoms with Gasteiger partial charge >= 0.3 is 5.97 Å². The molecule has 3 aromatic carbocycles. The minimum Gasteiger partial charge on any atom is -0.465 e. The fourth-order valence-corrected chi connectivity index (χ4v) is 4.33. The van der Waals surface area contributed by atoms with Crippen LogP contribution in [0, 0.1) is 6.92 Å². The Morgan fingerprint density at radius 2 is 1.71 bits per heavy atom. The molecule has 4 aromatic rings. The van der Waals surface area contributed by atoms with Crippen LogP contribution in [0.5, 0.6) is 0 Å². The van der Waals surface area contributed by atoms with E-state index in [4.69, 9.17) is 4.74 Å². The summed E-state index contributed by atoms with van der Waals surface area (Å²) in [5.41, 5.74) is 3.39. The highest BCUT2D eigenvalue weighted by atomic mass is 32.2. The van der Waals surface area contributed by atoms with Crippen LogP contribution in [-0.2, 0) is 16.1 Å². The summed E-state index contributed by atoms with van der Waals surface area (Å²) in [6.07, 6.45) is 0. The molecule has 1 N–H and O–H groups in total. The van der Waals surface area contributed by atoms with Gasteiger partial charge in [0.05, 0.1) is 35.0 Å². The maximum Gasteiger partial charge on any atom is 0.337 e. The molecule has 0 atom stereocenters. The summed E-state index contributed by atoms with van der Waals surface area (Å²) >= 11 is 1.21. The zero-order valence-corrected chi connectivity index (χ0v) is 19.6. The summed E-state index contributed by atoms with van der Waals surface area (Å²) < 4.78 is 6.26. The number of esters is 1. The lowest BCUT2D eigenvalue weighted by Gasteiger charge is -2.15. The topological polar surface area (TPSA) is 90.3 Å². The Kier molecular flexibility index (Phi) is 7.08. The van der Waals surface area contributed by atoms with Crippen molar-refractivity contribution in [3.63, 3.8) is 0 Å². The molecule has 0 aliphatic rings. The lowest BCUT2D eigenvalue weighted by molar-refractivity contribution is -0.118. The number of rotatable bonds is 7. The summed E-state index contributed by atoms with van der Waals surface area (Å²) in [6, 6.07) is 21.6. The second-order valence-corrected chi connectivity index (χ2v) is 8.53. The van der Waals surface area contributed by atoms with Crippen molar-refractivity contribution in [2.24, 2.45) is 0 Å². The summed E-state index contributed by atoms with van der Waals surface area (Å²) in [4.78, 5) is 42.1. The summed E-state index contributed by atoms with van der Waals surface area (Å²) in [5.74, 6) is -0.507. The molecular formula is C26H23N3O4S. The number of methoxy groups -OCH3 is 1. The smallest absolute Gasteiger partial charge is 0.337 e. The van der Waals surface area contributed by atoms with E-state index in [2.05, 4.69) is 10.3 Å². The van der Waals surface area contributed by atoms with Gasteiger partial charge in [-0.1, -0.05) is 54.2 Å². The molecule has 1 amide bonds. The second kappa shape index (κ2) is 10.4. The average Bonchev–Trinajstić information content (AvgIpc) is 2.87. The van der Waals surface area contributed by atoms with Gasteiger partial charge < -0.3 is 10.1 Å². The molecule has 4 rings (SSSR count). The first-order chi connectivity index (χ1) is 16.5. The summed E-state index contributed by atoms with van der Waals surface area (Å²) in [5, 5.41) is 3.84. The molecule has 0 aliphatic carbocycles. The van der Waals surface area contributed by atoms with Gasteiger partial charge in [0.25, 0.3) is 5.56 Å². The van der Waals surface area contributed by atoms with Gasteiger partial charge in [0.2, 0.25) is 5.91 Å². The fourth-order valence-electron chi connectivity index (χ4n) is 3.49. The number of thioether (sulfide) groups is 1. The first-order valence-corrected chi connectivity index (χ1v) is 11.6. The summed E-state index contributed by atoms with van der Waals surface area (Å²) in [7, 11) is 1.33. The number of para-hydroxylation sites is 2. The maximum atomic E-state index is 13.3. The number of aryl methyl sites for hydroxylation is 1. The third-order valence-corrected chi connectivity index (χ3v) is 6.24. The number of fused-ring (bicyclic) bond motifs is 1. The van der Waals surface area contributed by atoms with Crippen LogP contribution in [0.15, 0.2) is 82.7 Å². The minimum atomic E-state index is -0.408. The average molecular weight is 474 g/mol. The van der Waals surface area contributed by atoms with Gasteiger partial charge in [-0.05, 0) is 48.4 Å². The third kappa shape index (κ3) is 5.02. The van der Waals surface area contributed by atoms with Crippen LogP contribution in [0.1, 0.15) is 21.5 Å². The van der Waals surface area contributed by atoms with E-state index in [1.54, 1.807) is 41.0 Å². The molecule has 0 aliphatic heterocycles. The molecular weight excluding hydrogens is 450 g/mol. The van der Waals surface area contributed by atoms with Gasteiger partial charge in [0.1, 0.15) is 0 Å². The van der Waals surface area contributed by atoms with E-state index in [0.29, 0.717) is 28.2 Å². The molecule has 0 spiro atoms. The number of carbonyl (C=O) groups is 2. The Morgan fingerprint density at radius 1 is 1.00 bits per heavy atom. The van der Waals surface area contributed by atoms with Gasteiger partial charge in [-0.3, -0.25) is 14.2 Å². The Balaban J connectivity index is 1.52. The number of nitrogens with zero attached hydrogens (tertiary/aromatic N) is 2.